The summed E-state index contributed by atoms with van der Waals surface area (Å²) in [5.41, 5.74) is 6.57. The highest BCUT2D eigenvalue weighted by Crippen LogP contribution is 2.33. The molecule has 8 nitrogen and oxygen atoms in total. The van der Waals surface area contributed by atoms with E-state index in [0.717, 1.165) is 40.0 Å². The highest BCUT2D eigenvalue weighted by molar-refractivity contribution is 5.97. The Morgan fingerprint density at radius 2 is 1.80 bits per heavy atom. The number of fused-ring (bicyclic) bond motifs is 2. The van der Waals surface area contributed by atoms with Crippen molar-refractivity contribution in [3.8, 4) is 33.9 Å². The Labute approximate surface area is 199 Å². The second-order valence-corrected chi connectivity index (χ2v) is 8.66. The molecule has 0 unspecified atom stereocenters. The number of hydrogen-bond donors (Lipinski definition) is 2. The molecule has 1 aromatic carbocycles. The molecular formula is C26H21FN8. The van der Waals surface area contributed by atoms with Gasteiger partial charge in [0.15, 0.2) is 11.6 Å². The third kappa shape index (κ3) is 3.81. The highest BCUT2D eigenvalue weighted by Gasteiger charge is 2.18. The molecule has 0 amide bonds. The van der Waals surface area contributed by atoms with Crippen molar-refractivity contribution in [2.24, 2.45) is 0 Å². The molecule has 5 heterocycles. The van der Waals surface area contributed by atoms with Crippen LogP contribution >= 0.6 is 0 Å². The van der Waals surface area contributed by atoms with Crippen LogP contribution in [0.25, 0.3) is 55.8 Å². The monoisotopic (exact) mass is 464 g/mol. The maximum absolute atomic E-state index is 15.1. The van der Waals surface area contributed by atoms with Crippen molar-refractivity contribution >= 4 is 21.9 Å². The van der Waals surface area contributed by atoms with Gasteiger partial charge >= 0.3 is 0 Å². The molecule has 0 saturated heterocycles. The Morgan fingerprint density at radius 3 is 2.63 bits per heavy atom. The van der Waals surface area contributed by atoms with E-state index >= 15 is 4.39 Å². The maximum Gasteiger partial charge on any atom is 0.157 e. The third-order valence-electron chi connectivity index (χ3n) is 5.81. The quantitative estimate of drug-likeness (QED) is 0.379. The van der Waals surface area contributed by atoms with Gasteiger partial charge in [0.2, 0.25) is 0 Å². The van der Waals surface area contributed by atoms with E-state index in [0.29, 0.717) is 22.4 Å². The lowest BCUT2D eigenvalue weighted by molar-refractivity contribution is 0.402. The van der Waals surface area contributed by atoms with Gasteiger partial charge in [-0.15, -0.1) is 0 Å². The fraction of sp³-hybridized carbons (Fsp3) is 0.115. The Bertz CT molecular complexity index is 1670. The van der Waals surface area contributed by atoms with Crippen LogP contribution in [0.2, 0.25) is 0 Å². The fourth-order valence-corrected chi connectivity index (χ4v) is 4.29. The average Bonchev–Trinajstić information content (AvgIpc) is 3.48. The van der Waals surface area contributed by atoms with Crippen molar-refractivity contribution < 1.29 is 4.39 Å². The van der Waals surface area contributed by atoms with Crippen LogP contribution in [-0.2, 0) is 6.54 Å². The van der Waals surface area contributed by atoms with Crippen LogP contribution in [0.4, 0.5) is 4.39 Å². The Kier molecular flexibility index (Phi) is 5.04. The van der Waals surface area contributed by atoms with E-state index in [-0.39, 0.29) is 5.52 Å². The standard InChI is InChI=1S/C26H21FN8/c1-35(2)14-15-8-18(13-29-11-15)17-9-19-23(20(27)10-17)33-34-24(19)26-31-21-5-7-30-22(25(21)32-26)16-4-3-6-28-12-16/h3-13H,14H2,1-2H3,(H,31,32)(H,33,34). The van der Waals surface area contributed by atoms with Crippen molar-refractivity contribution in [3.63, 3.8) is 0 Å². The van der Waals surface area contributed by atoms with Gasteiger partial charge in [-0.2, -0.15) is 5.10 Å². The topological polar surface area (TPSA) is 99.3 Å². The molecule has 2 N–H and O–H groups in total. The van der Waals surface area contributed by atoms with Gasteiger partial charge in [0.25, 0.3) is 0 Å². The maximum atomic E-state index is 15.1. The second kappa shape index (κ2) is 8.37. The van der Waals surface area contributed by atoms with E-state index in [1.165, 1.54) is 6.07 Å². The van der Waals surface area contributed by atoms with E-state index in [4.69, 9.17) is 4.98 Å². The number of benzene rings is 1. The molecule has 0 saturated carbocycles. The SMILES string of the molecule is CN(C)Cc1cncc(-c2cc(F)c3n[nH]c(-c4nc5c(-c6cccnc6)nccc5[nH]4)c3c2)c1. The minimum Gasteiger partial charge on any atom is -0.337 e. The molecular weight excluding hydrogens is 443 g/mol. The largest absolute Gasteiger partial charge is 0.337 e. The first-order chi connectivity index (χ1) is 17.1. The number of aromatic nitrogens is 7. The predicted molar refractivity (Wildman–Crippen MR) is 133 cm³/mol. The second-order valence-electron chi connectivity index (χ2n) is 8.66. The van der Waals surface area contributed by atoms with Crippen LogP contribution < -0.4 is 0 Å². The molecule has 0 radical (unpaired) electrons. The highest BCUT2D eigenvalue weighted by atomic mass is 19.1. The van der Waals surface area contributed by atoms with Crippen molar-refractivity contribution in [2.75, 3.05) is 14.1 Å². The number of nitrogens with zero attached hydrogens (tertiary/aromatic N) is 6. The minimum atomic E-state index is -0.410. The Morgan fingerprint density at radius 1 is 0.914 bits per heavy atom. The minimum absolute atomic E-state index is 0.257. The van der Waals surface area contributed by atoms with E-state index in [2.05, 4.69) is 35.0 Å². The third-order valence-corrected chi connectivity index (χ3v) is 5.81. The van der Waals surface area contributed by atoms with E-state index in [1.807, 2.05) is 50.6 Å². The molecule has 5 aromatic heterocycles. The van der Waals surface area contributed by atoms with Gasteiger partial charge in [-0.3, -0.25) is 20.1 Å². The Balaban J connectivity index is 1.48. The molecule has 0 fully saturated rings. The lowest BCUT2D eigenvalue weighted by Gasteiger charge is -2.10. The van der Waals surface area contributed by atoms with E-state index in [1.54, 1.807) is 24.8 Å². The van der Waals surface area contributed by atoms with Gasteiger partial charge in [0, 0.05) is 54.0 Å². The lowest BCUT2D eigenvalue weighted by Crippen LogP contribution is -2.10. The lowest BCUT2D eigenvalue weighted by atomic mass is 10.0. The zero-order chi connectivity index (χ0) is 23.9. The Hall–Kier alpha value is -4.50. The molecule has 0 aliphatic carbocycles. The first kappa shape index (κ1) is 21.1. The summed E-state index contributed by atoms with van der Waals surface area (Å²) >= 11 is 0. The number of pyridine rings is 3. The number of halogens is 1. The molecule has 0 spiro atoms. The molecule has 35 heavy (non-hydrogen) atoms. The zero-order valence-electron chi connectivity index (χ0n) is 19.1. The van der Waals surface area contributed by atoms with Crippen LogP contribution in [0.15, 0.2) is 67.4 Å². The van der Waals surface area contributed by atoms with Crippen molar-refractivity contribution in [2.45, 2.75) is 6.54 Å². The predicted octanol–water partition coefficient (Wildman–Crippen LogP) is 4.83. The van der Waals surface area contributed by atoms with E-state index < -0.39 is 5.82 Å². The molecule has 172 valence electrons. The first-order valence-corrected chi connectivity index (χ1v) is 11.1. The number of aromatic amines is 2. The number of hydrogen-bond acceptors (Lipinski definition) is 6. The smallest absolute Gasteiger partial charge is 0.157 e. The molecule has 0 aliphatic rings. The van der Waals surface area contributed by atoms with Crippen LogP contribution in [-0.4, -0.2) is 54.1 Å². The van der Waals surface area contributed by atoms with Crippen LogP contribution in [0.3, 0.4) is 0 Å². The van der Waals surface area contributed by atoms with Crippen molar-refractivity contribution in [3.05, 3.63) is 78.8 Å². The molecule has 0 bridgehead atoms. The van der Waals surface area contributed by atoms with E-state index in [9.17, 15) is 0 Å². The van der Waals surface area contributed by atoms with Gasteiger partial charge in [0.05, 0.1) is 11.2 Å². The molecule has 0 atom stereocenters. The molecule has 6 aromatic rings. The fourth-order valence-electron chi connectivity index (χ4n) is 4.29. The normalized spacial score (nSPS) is 11.7. The summed E-state index contributed by atoms with van der Waals surface area (Å²) in [6.07, 6.45) is 8.76. The van der Waals surface area contributed by atoms with Gasteiger partial charge in [-0.1, -0.05) is 0 Å². The number of nitrogens with one attached hydrogen (secondary N) is 2. The van der Waals surface area contributed by atoms with Crippen molar-refractivity contribution in [1.82, 2.24) is 40.0 Å². The first-order valence-electron chi connectivity index (χ1n) is 11.1. The van der Waals surface area contributed by atoms with Crippen molar-refractivity contribution in [1.29, 1.82) is 0 Å². The van der Waals surface area contributed by atoms with Gasteiger partial charge < -0.3 is 9.88 Å². The van der Waals surface area contributed by atoms with Crippen LogP contribution in [0.5, 0.6) is 0 Å². The average molecular weight is 465 g/mol. The summed E-state index contributed by atoms with van der Waals surface area (Å²) in [5.74, 6) is 0.142. The number of H-pyrrole nitrogens is 2. The summed E-state index contributed by atoms with van der Waals surface area (Å²) in [4.78, 5) is 23.3. The summed E-state index contributed by atoms with van der Waals surface area (Å²) in [5, 5.41) is 7.83. The molecule has 0 aliphatic heterocycles. The summed E-state index contributed by atoms with van der Waals surface area (Å²) in [6.45, 7) is 0.745. The zero-order valence-corrected chi connectivity index (χ0v) is 19.1. The molecule has 9 heteroatoms. The number of imidazole rings is 1. The van der Waals surface area contributed by atoms with Gasteiger partial charge in [0.1, 0.15) is 16.7 Å². The molecule has 6 rings (SSSR count). The summed E-state index contributed by atoms with van der Waals surface area (Å²) in [6, 6.07) is 11.1. The van der Waals surface area contributed by atoms with Crippen LogP contribution in [0.1, 0.15) is 5.56 Å². The van der Waals surface area contributed by atoms with Crippen LogP contribution in [0, 0.1) is 5.82 Å². The summed E-state index contributed by atoms with van der Waals surface area (Å²) in [7, 11) is 4.00. The number of rotatable bonds is 5. The van der Waals surface area contributed by atoms with Gasteiger partial charge in [-0.25, -0.2) is 9.37 Å². The summed E-state index contributed by atoms with van der Waals surface area (Å²) < 4.78 is 15.1. The van der Waals surface area contributed by atoms with Gasteiger partial charge in [-0.05, 0) is 61.6 Å².